The summed E-state index contributed by atoms with van der Waals surface area (Å²) >= 11 is 10.8. The molecule has 0 spiro atoms. The van der Waals surface area contributed by atoms with Crippen LogP contribution in [0.4, 0.5) is 4.39 Å². The number of rotatable bonds is 5. The van der Waals surface area contributed by atoms with Crippen molar-refractivity contribution < 1.29 is 4.39 Å². The Bertz CT molecular complexity index is 621. The van der Waals surface area contributed by atoms with E-state index in [4.69, 9.17) is 0 Å². The third-order valence-corrected chi connectivity index (χ3v) is 6.57. The van der Waals surface area contributed by atoms with Crippen LogP contribution in [0.5, 0.6) is 0 Å². The Morgan fingerprint density at radius 3 is 2.33 bits per heavy atom. The first kappa shape index (κ1) is 17.2. The first-order chi connectivity index (χ1) is 10.0. The molecule has 2 aromatic rings. The van der Waals surface area contributed by atoms with E-state index in [1.165, 1.54) is 23.3 Å². The van der Waals surface area contributed by atoms with Gasteiger partial charge in [0.25, 0.3) is 0 Å². The lowest BCUT2D eigenvalue weighted by molar-refractivity contribution is 0.547. The molecule has 0 atom stereocenters. The summed E-state index contributed by atoms with van der Waals surface area (Å²) in [5.74, 6) is -0.218. The molecule has 0 amide bonds. The van der Waals surface area contributed by atoms with Gasteiger partial charge in [0.2, 0.25) is 0 Å². The Hall–Kier alpha value is -0.190. The van der Waals surface area contributed by atoms with Gasteiger partial charge >= 0.3 is 0 Å². The molecule has 4 heteroatoms. The second-order valence-corrected chi connectivity index (χ2v) is 7.31. The maximum absolute atomic E-state index is 13.3. The van der Waals surface area contributed by atoms with Gasteiger partial charge in [0.15, 0.2) is 0 Å². The average Bonchev–Trinajstić information content (AvgIpc) is 2.47. The molecule has 0 aliphatic heterocycles. The quantitative estimate of drug-likeness (QED) is 0.451. The Morgan fingerprint density at radius 1 is 1.05 bits per heavy atom. The summed E-state index contributed by atoms with van der Waals surface area (Å²) in [5.41, 5.74) is 3.58. The van der Waals surface area contributed by atoms with Crippen molar-refractivity contribution in [3.63, 3.8) is 0 Å². The summed E-state index contributed by atoms with van der Waals surface area (Å²) in [7, 11) is 0. The predicted molar refractivity (Wildman–Crippen MR) is 98.2 cm³/mol. The fourth-order valence-electron chi connectivity index (χ4n) is 2.39. The minimum absolute atomic E-state index is 0.0631. The van der Waals surface area contributed by atoms with Crippen LogP contribution in [0, 0.1) is 12.7 Å². The van der Waals surface area contributed by atoms with Crippen LogP contribution in [-0.4, -0.2) is 10.7 Å². The average molecular weight is 479 g/mol. The fraction of sp³-hybridized carbons (Fsp3) is 0.294. The molecule has 0 aliphatic carbocycles. The number of benzene rings is 2. The van der Waals surface area contributed by atoms with E-state index < -0.39 is 0 Å². The fourth-order valence-corrected chi connectivity index (χ4v) is 4.85. The number of halogens is 4. The van der Waals surface area contributed by atoms with Crippen molar-refractivity contribution in [2.45, 2.75) is 18.8 Å². The van der Waals surface area contributed by atoms with Crippen LogP contribution in [0.15, 0.2) is 46.9 Å². The van der Waals surface area contributed by atoms with Gasteiger partial charge in [-0.3, -0.25) is 0 Å². The molecule has 0 radical (unpaired) electrons. The second kappa shape index (κ2) is 7.38. The van der Waals surface area contributed by atoms with E-state index in [1.54, 1.807) is 0 Å². The van der Waals surface area contributed by atoms with Gasteiger partial charge in [0.1, 0.15) is 5.82 Å². The van der Waals surface area contributed by atoms with Gasteiger partial charge in [-0.1, -0.05) is 83.7 Å². The molecule has 2 aromatic carbocycles. The second-order valence-electron chi connectivity index (χ2n) is 5.33. The predicted octanol–water partition coefficient (Wildman–Crippen LogP) is 6.17. The molecule has 2 rings (SSSR count). The van der Waals surface area contributed by atoms with Gasteiger partial charge in [0.05, 0.1) is 0 Å². The van der Waals surface area contributed by atoms with E-state index in [9.17, 15) is 4.39 Å². The Labute approximate surface area is 150 Å². The molecule has 112 valence electrons. The molecule has 0 aliphatic rings. The van der Waals surface area contributed by atoms with Gasteiger partial charge in [-0.25, -0.2) is 4.39 Å². The van der Waals surface area contributed by atoms with E-state index in [0.717, 1.165) is 27.1 Å². The third-order valence-electron chi connectivity index (χ3n) is 3.69. The third kappa shape index (κ3) is 3.96. The summed E-state index contributed by atoms with van der Waals surface area (Å²) in [6, 6.07) is 13.5. The van der Waals surface area contributed by atoms with Crippen LogP contribution in [0.3, 0.4) is 0 Å². The van der Waals surface area contributed by atoms with Crippen LogP contribution in [-0.2, 0) is 11.8 Å². The molecule has 0 bridgehead atoms. The van der Waals surface area contributed by atoms with Gasteiger partial charge in [-0.2, -0.15) is 0 Å². The zero-order valence-corrected chi connectivity index (χ0v) is 16.4. The van der Waals surface area contributed by atoms with Crippen molar-refractivity contribution in [1.82, 2.24) is 0 Å². The zero-order valence-electron chi connectivity index (χ0n) is 11.7. The maximum atomic E-state index is 13.3. The molecular weight excluding hydrogens is 463 g/mol. The van der Waals surface area contributed by atoms with Crippen LogP contribution >= 0.6 is 47.8 Å². The van der Waals surface area contributed by atoms with Crippen molar-refractivity contribution in [3.05, 3.63) is 69.4 Å². The molecule has 0 unspecified atom stereocenters. The normalized spacial score (nSPS) is 11.7. The number of hydrogen-bond acceptors (Lipinski definition) is 0. The minimum Gasteiger partial charge on any atom is -0.207 e. The largest absolute Gasteiger partial charge is 0.207 e. The van der Waals surface area contributed by atoms with Crippen LogP contribution in [0.1, 0.15) is 16.7 Å². The summed E-state index contributed by atoms with van der Waals surface area (Å²) in [4.78, 5) is 0. The lowest BCUT2D eigenvalue weighted by Gasteiger charge is -2.31. The van der Waals surface area contributed by atoms with E-state index in [0.29, 0.717) is 0 Å². The van der Waals surface area contributed by atoms with Crippen molar-refractivity contribution >= 4 is 47.8 Å². The first-order valence-electron chi connectivity index (χ1n) is 6.64. The molecule has 0 heterocycles. The molecule has 0 saturated heterocycles. The minimum atomic E-state index is -0.218. The lowest BCUT2D eigenvalue weighted by atomic mass is 9.78. The number of alkyl halides is 2. The van der Waals surface area contributed by atoms with E-state index >= 15 is 0 Å². The standard InChI is InChI=1S/C17H16Br3F/c1-12-3-2-4-14(7-12)17(10-18,11-19)9-13-5-6-15(21)8-16(13)20/h2-8H,9-11H2,1H3. The molecule has 0 saturated carbocycles. The summed E-state index contributed by atoms with van der Waals surface area (Å²) in [6.45, 7) is 2.10. The van der Waals surface area contributed by atoms with E-state index in [2.05, 4.69) is 79.0 Å². The SMILES string of the molecule is Cc1cccc(C(CBr)(CBr)Cc2ccc(F)cc2Br)c1. The Morgan fingerprint density at radius 2 is 1.76 bits per heavy atom. The molecule has 21 heavy (non-hydrogen) atoms. The van der Waals surface area contributed by atoms with Gasteiger partial charge < -0.3 is 0 Å². The first-order valence-corrected chi connectivity index (χ1v) is 9.67. The Balaban J connectivity index is 2.43. The highest BCUT2D eigenvalue weighted by Gasteiger charge is 2.31. The van der Waals surface area contributed by atoms with E-state index in [1.807, 2.05) is 6.07 Å². The van der Waals surface area contributed by atoms with Crippen LogP contribution < -0.4 is 0 Å². The highest BCUT2D eigenvalue weighted by atomic mass is 79.9. The zero-order chi connectivity index (χ0) is 15.5. The summed E-state index contributed by atoms with van der Waals surface area (Å²) in [5, 5.41) is 1.66. The maximum Gasteiger partial charge on any atom is 0.124 e. The molecule has 0 N–H and O–H groups in total. The highest BCUT2D eigenvalue weighted by molar-refractivity contribution is 9.10. The van der Waals surface area contributed by atoms with Crippen molar-refractivity contribution in [2.75, 3.05) is 10.7 Å². The smallest absolute Gasteiger partial charge is 0.124 e. The summed E-state index contributed by atoms with van der Waals surface area (Å²) in [6.07, 6.45) is 0.827. The van der Waals surface area contributed by atoms with Crippen molar-refractivity contribution in [2.24, 2.45) is 0 Å². The molecule has 0 fully saturated rings. The molecule has 0 aromatic heterocycles. The van der Waals surface area contributed by atoms with Crippen molar-refractivity contribution in [3.8, 4) is 0 Å². The molecular formula is C17H16Br3F. The van der Waals surface area contributed by atoms with Gasteiger partial charge in [-0.15, -0.1) is 0 Å². The lowest BCUT2D eigenvalue weighted by Crippen LogP contribution is -2.33. The monoisotopic (exact) mass is 476 g/mol. The van der Waals surface area contributed by atoms with Gasteiger partial charge in [0, 0.05) is 20.5 Å². The highest BCUT2D eigenvalue weighted by Crippen LogP contribution is 2.35. The van der Waals surface area contributed by atoms with Crippen LogP contribution in [0.2, 0.25) is 0 Å². The van der Waals surface area contributed by atoms with Crippen LogP contribution in [0.25, 0.3) is 0 Å². The summed E-state index contributed by atoms with van der Waals surface area (Å²) < 4.78 is 14.1. The Kier molecular flexibility index (Phi) is 6.04. The number of hydrogen-bond donors (Lipinski definition) is 0. The van der Waals surface area contributed by atoms with E-state index in [-0.39, 0.29) is 11.2 Å². The van der Waals surface area contributed by atoms with Crippen molar-refractivity contribution in [1.29, 1.82) is 0 Å². The molecule has 0 nitrogen and oxygen atoms in total. The van der Waals surface area contributed by atoms with Gasteiger partial charge in [-0.05, 0) is 36.6 Å². The topological polar surface area (TPSA) is 0 Å². The number of aryl methyl sites for hydroxylation is 1.